The number of aromatic amines is 1. The molecule has 4 aromatic rings. The van der Waals surface area contributed by atoms with Crippen LogP contribution in [0.2, 0.25) is 0 Å². The van der Waals surface area contributed by atoms with Gasteiger partial charge in [0.1, 0.15) is 0 Å². The molecule has 0 bridgehead atoms. The number of rotatable bonds is 3. The molecule has 2 aliphatic rings. The van der Waals surface area contributed by atoms with E-state index in [2.05, 4.69) is 62.2 Å². The fourth-order valence-corrected chi connectivity index (χ4v) is 4.87. The van der Waals surface area contributed by atoms with E-state index in [9.17, 15) is 0 Å². The van der Waals surface area contributed by atoms with Crippen LogP contribution in [0.15, 0.2) is 71.3 Å². The maximum absolute atomic E-state index is 4.95. The first-order chi connectivity index (χ1) is 14.8. The number of hydrogen-bond donors (Lipinski definition) is 2. The van der Waals surface area contributed by atoms with Gasteiger partial charge in [-0.3, -0.25) is 5.10 Å². The van der Waals surface area contributed by atoms with Gasteiger partial charge in [-0.2, -0.15) is 10.1 Å². The summed E-state index contributed by atoms with van der Waals surface area (Å²) < 4.78 is 1.07. The van der Waals surface area contributed by atoms with Gasteiger partial charge in [0.25, 0.3) is 0 Å². The van der Waals surface area contributed by atoms with Crippen molar-refractivity contribution in [1.82, 2.24) is 20.2 Å². The minimum Gasteiger partial charge on any atom is -0.339 e. The predicted molar refractivity (Wildman–Crippen MR) is 124 cm³/mol. The van der Waals surface area contributed by atoms with Gasteiger partial charge in [-0.05, 0) is 48.1 Å². The minimum atomic E-state index is 0.782. The molecule has 30 heavy (non-hydrogen) atoms. The van der Waals surface area contributed by atoms with Gasteiger partial charge < -0.3 is 10.2 Å². The second-order valence-corrected chi connectivity index (χ2v) is 8.51. The topological polar surface area (TPSA) is 69.7 Å². The Morgan fingerprint density at radius 1 is 1.13 bits per heavy atom. The maximum atomic E-state index is 4.95. The van der Waals surface area contributed by atoms with Gasteiger partial charge in [-0.15, -0.1) is 11.3 Å². The zero-order chi connectivity index (χ0) is 19.9. The number of thiophene rings is 1. The number of H-pyrrole nitrogens is 1. The Kier molecular flexibility index (Phi) is 4.12. The Labute approximate surface area is 177 Å². The Hall–Kier alpha value is -3.45. The van der Waals surface area contributed by atoms with E-state index in [0.29, 0.717) is 0 Å². The number of hydrogen-bond acceptors (Lipinski definition) is 6. The van der Waals surface area contributed by atoms with Crippen molar-refractivity contribution < 1.29 is 0 Å². The molecule has 1 aromatic carbocycles. The molecule has 6 rings (SSSR count). The Balaban J connectivity index is 1.36. The number of anilines is 3. The summed E-state index contributed by atoms with van der Waals surface area (Å²) in [6.07, 6.45) is 12.7. The third-order valence-corrected chi connectivity index (χ3v) is 6.60. The van der Waals surface area contributed by atoms with E-state index in [1.165, 1.54) is 11.1 Å². The molecule has 0 radical (unpaired) electrons. The SMILES string of the molecule is C1=CCC2=C(C=C1)CN(c1nc(Nc3ccc4[nH]ncc4c3)c3sccc3n1)CC2. The van der Waals surface area contributed by atoms with Crippen LogP contribution in [0.1, 0.15) is 12.8 Å². The van der Waals surface area contributed by atoms with E-state index >= 15 is 0 Å². The van der Waals surface area contributed by atoms with Gasteiger partial charge in [0, 0.05) is 24.2 Å². The van der Waals surface area contributed by atoms with Gasteiger partial charge in [-0.1, -0.05) is 29.9 Å². The lowest BCUT2D eigenvalue weighted by Crippen LogP contribution is -2.32. The highest BCUT2D eigenvalue weighted by atomic mass is 32.1. The Bertz CT molecular complexity index is 1340. The molecule has 0 amide bonds. The van der Waals surface area contributed by atoms with Gasteiger partial charge in [0.05, 0.1) is 21.9 Å². The number of nitrogens with one attached hydrogen (secondary N) is 2. The molecular weight excluding hydrogens is 392 g/mol. The molecule has 0 spiro atoms. The lowest BCUT2D eigenvalue weighted by molar-refractivity contribution is 0.736. The van der Waals surface area contributed by atoms with Gasteiger partial charge >= 0.3 is 0 Å². The molecule has 6 nitrogen and oxygen atoms in total. The maximum Gasteiger partial charge on any atom is 0.228 e. The third-order valence-electron chi connectivity index (χ3n) is 5.69. The first-order valence-corrected chi connectivity index (χ1v) is 11.0. The average Bonchev–Trinajstić information content (AvgIpc) is 3.37. The van der Waals surface area contributed by atoms with Crippen LogP contribution in [-0.4, -0.2) is 33.3 Å². The van der Waals surface area contributed by atoms with Crippen molar-refractivity contribution in [3.8, 4) is 0 Å². The average molecular weight is 413 g/mol. The number of allylic oxidation sites excluding steroid dienone is 3. The lowest BCUT2D eigenvalue weighted by Gasteiger charge is -2.30. The van der Waals surface area contributed by atoms with Crippen molar-refractivity contribution in [3.05, 3.63) is 71.3 Å². The van der Waals surface area contributed by atoms with Gasteiger partial charge in [0.15, 0.2) is 5.82 Å². The summed E-state index contributed by atoms with van der Waals surface area (Å²) in [6, 6.07) is 8.23. The van der Waals surface area contributed by atoms with Crippen LogP contribution in [0.3, 0.4) is 0 Å². The first kappa shape index (κ1) is 17.4. The zero-order valence-corrected chi connectivity index (χ0v) is 17.1. The van der Waals surface area contributed by atoms with Crippen LogP contribution >= 0.6 is 11.3 Å². The number of benzene rings is 1. The fraction of sp³-hybridized carbons (Fsp3) is 0.174. The molecule has 2 N–H and O–H groups in total. The van der Waals surface area contributed by atoms with Gasteiger partial charge in [-0.25, -0.2) is 4.98 Å². The monoisotopic (exact) mass is 412 g/mol. The van der Waals surface area contributed by atoms with Crippen molar-refractivity contribution in [2.45, 2.75) is 12.8 Å². The highest BCUT2D eigenvalue weighted by Crippen LogP contribution is 2.33. The zero-order valence-electron chi connectivity index (χ0n) is 16.3. The smallest absolute Gasteiger partial charge is 0.228 e. The largest absolute Gasteiger partial charge is 0.339 e. The molecule has 1 aliphatic heterocycles. The van der Waals surface area contributed by atoms with Crippen LogP contribution in [0.5, 0.6) is 0 Å². The number of aromatic nitrogens is 4. The third kappa shape index (κ3) is 3.07. The summed E-state index contributed by atoms with van der Waals surface area (Å²) in [5, 5.41) is 13.8. The number of fused-ring (bicyclic) bond motifs is 2. The van der Waals surface area contributed by atoms with Crippen molar-refractivity contribution in [1.29, 1.82) is 0 Å². The highest BCUT2D eigenvalue weighted by molar-refractivity contribution is 7.17. The van der Waals surface area contributed by atoms with E-state index in [0.717, 1.165) is 64.5 Å². The molecule has 4 heterocycles. The van der Waals surface area contributed by atoms with Crippen LogP contribution < -0.4 is 10.2 Å². The summed E-state index contributed by atoms with van der Waals surface area (Å²) in [5.74, 6) is 1.63. The molecule has 1 aliphatic carbocycles. The molecule has 148 valence electrons. The molecule has 7 heteroatoms. The molecule has 0 saturated carbocycles. The van der Waals surface area contributed by atoms with E-state index in [-0.39, 0.29) is 0 Å². The number of nitrogens with zero attached hydrogens (tertiary/aromatic N) is 4. The fourth-order valence-electron chi connectivity index (χ4n) is 4.10. The minimum absolute atomic E-state index is 0.782. The quantitative estimate of drug-likeness (QED) is 0.476. The summed E-state index contributed by atoms with van der Waals surface area (Å²) in [4.78, 5) is 12.1. The van der Waals surface area contributed by atoms with E-state index in [4.69, 9.17) is 9.97 Å². The standard InChI is InChI=1S/C23H20N6S/c1-2-4-15-8-10-29(14-16(15)5-3-1)23-26-20-9-11-30-21(20)22(27-23)25-18-6-7-19-17(12-18)13-24-28-19/h1-3,5-7,9,11-13H,4,8,10,14H2,(H,24,28)(H,25,26,27). The normalized spacial score (nSPS) is 16.3. The second kappa shape index (κ2) is 7.11. The van der Waals surface area contributed by atoms with Crippen molar-refractivity contribution >= 4 is 49.9 Å². The van der Waals surface area contributed by atoms with E-state index in [1.807, 2.05) is 18.3 Å². The van der Waals surface area contributed by atoms with Crippen LogP contribution in [0.25, 0.3) is 21.1 Å². The molecule has 0 saturated heterocycles. The summed E-state index contributed by atoms with van der Waals surface area (Å²) in [5.41, 5.74) is 5.91. The van der Waals surface area contributed by atoms with Crippen molar-refractivity contribution in [2.75, 3.05) is 23.3 Å². The summed E-state index contributed by atoms with van der Waals surface area (Å²) in [7, 11) is 0. The van der Waals surface area contributed by atoms with E-state index < -0.39 is 0 Å². The van der Waals surface area contributed by atoms with Crippen molar-refractivity contribution in [2.24, 2.45) is 0 Å². The summed E-state index contributed by atoms with van der Waals surface area (Å²) in [6.45, 7) is 1.79. The van der Waals surface area contributed by atoms with Crippen LogP contribution in [0, 0.1) is 0 Å². The van der Waals surface area contributed by atoms with Crippen molar-refractivity contribution in [3.63, 3.8) is 0 Å². The highest BCUT2D eigenvalue weighted by Gasteiger charge is 2.21. The lowest BCUT2D eigenvalue weighted by atomic mass is 9.98. The Morgan fingerprint density at radius 3 is 3.13 bits per heavy atom. The molecule has 0 atom stereocenters. The molecule has 0 unspecified atom stereocenters. The predicted octanol–water partition coefficient (Wildman–Crippen LogP) is 5.33. The molecule has 0 fully saturated rings. The van der Waals surface area contributed by atoms with Crippen LogP contribution in [-0.2, 0) is 0 Å². The van der Waals surface area contributed by atoms with E-state index in [1.54, 1.807) is 11.3 Å². The summed E-state index contributed by atoms with van der Waals surface area (Å²) >= 11 is 1.66. The van der Waals surface area contributed by atoms with Gasteiger partial charge in [0.2, 0.25) is 5.95 Å². The Morgan fingerprint density at radius 2 is 2.13 bits per heavy atom. The van der Waals surface area contributed by atoms with Crippen LogP contribution in [0.4, 0.5) is 17.5 Å². The molecule has 3 aromatic heterocycles. The molecular formula is C23H20N6S. The first-order valence-electron chi connectivity index (χ1n) is 10.1. The second-order valence-electron chi connectivity index (χ2n) is 7.60.